The van der Waals surface area contributed by atoms with Gasteiger partial charge in [0.05, 0.1) is 0 Å². The molecule has 0 fully saturated rings. The van der Waals surface area contributed by atoms with Crippen LogP contribution in [0.25, 0.3) is 0 Å². The first-order chi connectivity index (χ1) is 12.9. The Bertz CT molecular complexity index is 482. The van der Waals surface area contributed by atoms with E-state index in [1.54, 1.807) is 0 Å². The van der Waals surface area contributed by atoms with E-state index in [1.165, 1.54) is 89.3 Å². The van der Waals surface area contributed by atoms with Gasteiger partial charge in [0.1, 0.15) is 6.17 Å². The molecule has 0 spiro atoms. The maximum absolute atomic E-state index is 2.56. The third-order valence-corrected chi connectivity index (χ3v) is 5.51. The topological polar surface area (TPSA) is 6.48 Å². The van der Waals surface area contributed by atoms with Gasteiger partial charge in [-0.15, -0.1) is 0 Å². The predicted octanol–water partition coefficient (Wildman–Crippen LogP) is 7.33. The molecule has 2 rings (SSSR count). The standard InChI is InChI=1S/C24H40N2/c1-3-5-7-8-9-10-11-12-16-19-24-25(20-6-4-2)21-22-26(24)23-17-14-13-15-18-23/h13-15,17-18,21-22,24H,3-12,16,19-20H2,1-2H3. The Morgan fingerprint density at radius 2 is 1.31 bits per heavy atom. The maximum atomic E-state index is 2.56. The predicted molar refractivity (Wildman–Crippen MR) is 115 cm³/mol. The summed E-state index contributed by atoms with van der Waals surface area (Å²) in [6, 6.07) is 10.9. The lowest BCUT2D eigenvalue weighted by Crippen LogP contribution is -2.39. The van der Waals surface area contributed by atoms with Crippen molar-refractivity contribution in [2.45, 2.75) is 97.1 Å². The lowest BCUT2D eigenvalue weighted by molar-refractivity contribution is 0.275. The quantitative estimate of drug-likeness (QED) is 0.322. The Morgan fingerprint density at radius 3 is 1.96 bits per heavy atom. The number of para-hydroxylation sites is 1. The van der Waals surface area contributed by atoms with Crippen molar-refractivity contribution in [3.8, 4) is 0 Å². The summed E-state index contributed by atoms with van der Waals surface area (Å²) in [5, 5.41) is 0. The molecule has 0 aliphatic carbocycles. The number of hydrogen-bond acceptors (Lipinski definition) is 2. The molecule has 26 heavy (non-hydrogen) atoms. The molecule has 2 nitrogen and oxygen atoms in total. The van der Waals surface area contributed by atoms with Crippen LogP contribution in [0, 0.1) is 0 Å². The number of anilines is 1. The Balaban J connectivity index is 1.73. The fourth-order valence-electron chi connectivity index (χ4n) is 3.88. The van der Waals surface area contributed by atoms with Crippen LogP contribution in [0.3, 0.4) is 0 Å². The van der Waals surface area contributed by atoms with Crippen LogP contribution in [-0.2, 0) is 0 Å². The molecule has 0 saturated heterocycles. The van der Waals surface area contributed by atoms with Gasteiger partial charge in [-0.05, 0) is 31.4 Å². The van der Waals surface area contributed by atoms with E-state index in [4.69, 9.17) is 0 Å². The summed E-state index contributed by atoms with van der Waals surface area (Å²) in [4.78, 5) is 5.03. The summed E-state index contributed by atoms with van der Waals surface area (Å²) in [5.41, 5.74) is 1.32. The van der Waals surface area contributed by atoms with Gasteiger partial charge in [-0.1, -0.05) is 89.8 Å². The highest BCUT2D eigenvalue weighted by atomic mass is 15.4. The minimum absolute atomic E-state index is 0.508. The van der Waals surface area contributed by atoms with E-state index in [1.807, 2.05) is 0 Å². The summed E-state index contributed by atoms with van der Waals surface area (Å²) < 4.78 is 0. The summed E-state index contributed by atoms with van der Waals surface area (Å²) in [7, 11) is 0. The zero-order valence-electron chi connectivity index (χ0n) is 17.2. The van der Waals surface area contributed by atoms with Crippen molar-refractivity contribution in [2.75, 3.05) is 11.4 Å². The average molecular weight is 357 g/mol. The highest BCUT2D eigenvalue weighted by molar-refractivity contribution is 5.51. The first-order valence-corrected chi connectivity index (χ1v) is 11.1. The maximum Gasteiger partial charge on any atom is 0.105 e. The second-order valence-electron chi connectivity index (χ2n) is 7.73. The fourth-order valence-corrected chi connectivity index (χ4v) is 3.88. The second kappa shape index (κ2) is 12.8. The van der Waals surface area contributed by atoms with E-state index in [0.29, 0.717) is 6.17 Å². The highest BCUT2D eigenvalue weighted by Gasteiger charge is 2.26. The molecular formula is C24H40N2. The molecule has 146 valence electrons. The molecule has 1 aliphatic heterocycles. The number of nitrogens with zero attached hydrogens (tertiary/aromatic N) is 2. The van der Waals surface area contributed by atoms with Gasteiger partial charge in [0, 0.05) is 24.6 Å². The van der Waals surface area contributed by atoms with Crippen molar-refractivity contribution >= 4 is 5.69 Å². The SMILES string of the molecule is CCCCCCCCCCCC1N(CCCC)C=CN1c1ccccc1. The molecule has 1 aromatic rings. The minimum atomic E-state index is 0.508. The number of benzene rings is 1. The molecule has 1 aliphatic rings. The largest absolute Gasteiger partial charge is 0.356 e. The summed E-state index contributed by atoms with van der Waals surface area (Å²) in [6.45, 7) is 5.75. The fraction of sp³-hybridized carbons (Fsp3) is 0.667. The smallest absolute Gasteiger partial charge is 0.105 e. The third-order valence-electron chi connectivity index (χ3n) is 5.51. The van der Waals surface area contributed by atoms with Gasteiger partial charge in [0.2, 0.25) is 0 Å². The molecule has 2 heteroatoms. The van der Waals surface area contributed by atoms with E-state index < -0.39 is 0 Å². The normalized spacial score (nSPS) is 16.6. The molecule has 0 amide bonds. The van der Waals surface area contributed by atoms with E-state index in [9.17, 15) is 0 Å². The van der Waals surface area contributed by atoms with E-state index in [-0.39, 0.29) is 0 Å². The summed E-state index contributed by atoms with van der Waals surface area (Å²) in [6.07, 6.45) is 21.5. The Morgan fingerprint density at radius 1 is 0.692 bits per heavy atom. The van der Waals surface area contributed by atoms with Crippen molar-refractivity contribution < 1.29 is 0 Å². The van der Waals surface area contributed by atoms with Gasteiger partial charge in [0.25, 0.3) is 0 Å². The van der Waals surface area contributed by atoms with Crippen molar-refractivity contribution in [2.24, 2.45) is 0 Å². The number of unbranched alkanes of at least 4 members (excludes halogenated alkanes) is 9. The van der Waals surface area contributed by atoms with Crippen LogP contribution in [0.2, 0.25) is 0 Å². The number of hydrogen-bond donors (Lipinski definition) is 0. The zero-order valence-corrected chi connectivity index (χ0v) is 17.2. The van der Waals surface area contributed by atoms with Crippen LogP contribution in [0.15, 0.2) is 42.7 Å². The zero-order chi connectivity index (χ0) is 18.5. The molecule has 0 aromatic heterocycles. The lowest BCUT2D eigenvalue weighted by atomic mass is 10.1. The lowest BCUT2D eigenvalue weighted by Gasteiger charge is -2.33. The first kappa shape index (κ1) is 20.9. The summed E-state index contributed by atoms with van der Waals surface area (Å²) >= 11 is 0. The number of rotatable bonds is 14. The molecule has 1 unspecified atom stereocenters. The molecule has 1 atom stereocenters. The van der Waals surface area contributed by atoms with Crippen LogP contribution in [0.1, 0.15) is 90.9 Å². The molecule has 1 heterocycles. The third kappa shape index (κ3) is 7.05. The van der Waals surface area contributed by atoms with Crippen molar-refractivity contribution in [1.29, 1.82) is 0 Å². The molecule has 0 N–H and O–H groups in total. The highest BCUT2D eigenvalue weighted by Crippen LogP contribution is 2.28. The van der Waals surface area contributed by atoms with Gasteiger partial charge in [0.15, 0.2) is 0 Å². The Kier molecular flexibility index (Phi) is 10.3. The summed E-state index contributed by atoms with van der Waals surface area (Å²) in [5.74, 6) is 0. The Labute approximate surface area is 162 Å². The Hall–Kier alpha value is -1.44. The van der Waals surface area contributed by atoms with Crippen LogP contribution in [-0.4, -0.2) is 17.6 Å². The van der Waals surface area contributed by atoms with Gasteiger partial charge in [-0.2, -0.15) is 0 Å². The van der Waals surface area contributed by atoms with Crippen LogP contribution >= 0.6 is 0 Å². The van der Waals surface area contributed by atoms with E-state index in [2.05, 4.69) is 66.4 Å². The average Bonchev–Trinajstić information content (AvgIpc) is 3.08. The van der Waals surface area contributed by atoms with Crippen molar-refractivity contribution in [3.05, 3.63) is 42.7 Å². The van der Waals surface area contributed by atoms with E-state index in [0.717, 1.165) is 0 Å². The van der Waals surface area contributed by atoms with Gasteiger partial charge >= 0.3 is 0 Å². The van der Waals surface area contributed by atoms with Gasteiger partial charge in [-0.25, -0.2) is 0 Å². The molecule has 0 saturated carbocycles. The van der Waals surface area contributed by atoms with Crippen LogP contribution < -0.4 is 4.90 Å². The molecular weight excluding hydrogens is 316 g/mol. The minimum Gasteiger partial charge on any atom is -0.356 e. The first-order valence-electron chi connectivity index (χ1n) is 11.1. The van der Waals surface area contributed by atoms with Crippen LogP contribution in [0.5, 0.6) is 0 Å². The van der Waals surface area contributed by atoms with Gasteiger partial charge in [-0.3, -0.25) is 0 Å². The van der Waals surface area contributed by atoms with Crippen molar-refractivity contribution in [3.63, 3.8) is 0 Å². The van der Waals surface area contributed by atoms with Gasteiger partial charge < -0.3 is 9.80 Å². The molecule has 0 radical (unpaired) electrons. The monoisotopic (exact) mass is 356 g/mol. The molecule has 0 bridgehead atoms. The van der Waals surface area contributed by atoms with Crippen molar-refractivity contribution in [1.82, 2.24) is 4.90 Å². The second-order valence-corrected chi connectivity index (χ2v) is 7.73. The van der Waals surface area contributed by atoms with E-state index >= 15 is 0 Å². The van der Waals surface area contributed by atoms with Crippen LogP contribution in [0.4, 0.5) is 5.69 Å². The molecule has 1 aromatic carbocycles.